The fraction of sp³-hybridized carbons (Fsp3) is 0.296. The molecule has 0 aliphatic rings. The van der Waals surface area contributed by atoms with Crippen LogP contribution in [0.15, 0.2) is 89.7 Å². The molecule has 33 heavy (non-hydrogen) atoms. The zero-order valence-corrected chi connectivity index (χ0v) is 20.6. The number of rotatable bonds is 2. The van der Waals surface area contributed by atoms with Crippen molar-refractivity contribution in [2.75, 3.05) is 0 Å². The molecule has 0 radical (unpaired) electrons. The minimum absolute atomic E-state index is 0.200. The molecule has 0 saturated heterocycles. The van der Waals surface area contributed by atoms with Crippen molar-refractivity contribution in [3.8, 4) is 5.75 Å². The first-order valence-electron chi connectivity index (χ1n) is 10.8. The molecule has 0 aliphatic carbocycles. The van der Waals surface area contributed by atoms with Gasteiger partial charge in [0, 0.05) is 31.3 Å². The Morgan fingerprint density at radius 1 is 0.788 bits per heavy atom. The number of halogens is 2. The van der Waals surface area contributed by atoms with Gasteiger partial charge in [0.1, 0.15) is 17.3 Å². The third-order valence-electron chi connectivity index (χ3n) is 3.89. The molecule has 0 bridgehead atoms. The van der Waals surface area contributed by atoms with Gasteiger partial charge in [0.2, 0.25) is 0 Å². The fourth-order valence-corrected chi connectivity index (χ4v) is 2.14. The second-order valence-corrected chi connectivity index (χ2v) is 6.63. The first kappa shape index (κ1) is 29.6. The fourth-order valence-electron chi connectivity index (χ4n) is 2.14. The van der Waals surface area contributed by atoms with Crippen molar-refractivity contribution in [2.24, 2.45) is 7.05 Å². The maximum absolute atomic E-state index is 11.6. The monoisotopic (exact) mass is 458 g/mol. The minimum atomic E-state index is -2.74. The van der Waals surface area contributed by atoms with Gasteiger partial charge < -0.3 is 13.7 Å². The van der Waals surface area contributed by atoms with E-state index in [0.29, 0.717) is 0 Å². The maximum atomic E-state index is 11.6. The summed E-state index contributed by atoms with van der Waals surface area (Å²) in [7, 11) is 2.04. The van der Waals surface area contributed by atoms with Gasteiger partial charge in [-0.1, -0.05) is 37.6 Å². The SMILES string of the molecule is CC.Cc1ccc(C)o1.Cc1ccc(OC(F)F)cc1.Cc1cccn1C.c1ccncc1. The molecule has 0 atom stereocenters. The van der Waals surface area contributed by atoms with Gasteiger partial charge in [0.05, 0.1) is 0 Å². The van der Waals surface area contributed by atoms with Crippen molar-refractivity contribution in [2.45, 2.75) is 48.2 Å². The summed E-state index contributed by atoms with van der Waals surface area (Å²) in [4.78, 5) is 3.78. The van der Waals surface area contributed by atoms with Gasteiger partial charge in [0.25, 0.3) is 0 Å². The lowest BCUT2D eigenvalue weighted by molar-refractivity contribution is -0.0498. The van der Waals surface area contributed by atoms with Crippen LogP contribution < -0.4 is 4.74 Å². The molecule has 0 fully saturated rings. The zero-order valence-electron chi connectivity index (χ0n) is 20.6. The summed E-state index contributed by atoms with van der Waals surface area (Å²) in [5.41, 5.74) is 2.33. The van der Waals surface area contributed by atoms with E-state index in [0.717, 1.165) is 17.1 Å². The number of ether oxygens (including phenoxy) is 1. The van der Waals surface area contributed by atoms with Crippen LogP contribution in [0.5, 0.6) is 5.75 Å². The number of aryl methyl sites for hydroxylation is 5. The van der Waals surface area contributed by atoms with Crippen LogP contribution in [-0.2, 0) is 7.05 Å². The molecule has 1 aromatic carbocycles. The molecule has 6 heteroatoms. The van der Waals surface area contributed by atoms with E-state index < -0.39 is 6.61 Å². The predicted octanol–water partition coefficient (Wildman–Crippen LogP) is 7.93. The van der Waals surface area contributed by atoms with Crippen LogP contribution >= 0.6 is 0 Å². The van der Waals surface area contributed by atoms with Crippen molar-refractivity contribution >= 4 is 0 Å². The highest BCUT2D eigenvalue weighted by Crippen LogP contribution is 2.13. The first-order valence-corrected chi connectivity index (χ1v) is 10.8. The third-order valence-corrected chi connectivity index (χ3v) is 3.89. The van der Waals surface area contributed by atoms with Gasteiger partial charge in [-0.2, -0.15) is 8.78 Å². The molecule has 0 unspecified atom stereocenters. The summed E-state index contributed by atoms with van der Waals surface area (Å²) in [5, 5.41) is 0. The average Bonchev–Trinajstić information content (AvgIpc) is 3.39. The van der Waals surface area contributed by atoms with Crippen LogP contribution in [0, 0.1) is 27.7 Å². The molecule has 0 N–H and O–H groups in total. The predicted molar refractivity (Wildman–Crippen MR) is 132 cm³/mol. The Bertz CT molecular complexity index is 890. The van der Waals surface area contributed by atoms with E-state index in [9.17, 15) is 8.78 Å². The van der Waals surface area contributed by atoms with Crippen molar-refractivity contribution in [3.05, 3.63) is 108 Å². The first-order chi connectivity index (χ1) is 15.8. The van der Waals surface area contributed by atoms with Crippen LogP contribution in [-0.4, -0.2) is 16.2 Å². The number of nitrogens with zero attached hydrogens (tertiary/aromatic N) is 2. The normalized spacial score (nSPS) is 9.03. The van der Waals surface area contributed by atoms with Crippen molar-refractivity contribution < 1.29 is 17.9 Å². The van der Waals surface area contributed by atoms with E-state index >= 15 is 0 Å². The molecule has 0 aliphatic heterocycles. The van der Waals surface area contributed by atoms with Crippen molar-refractivity contribution in [1.29, 1.82) is 0 Å². The third kappa shape index (κ3) is 16.0. The Labute approximate surface area is 196 Å². The highest BCUT2D eigenvalue weighted by Gasteiger charge is 2.01. The molecular weight excluding hydrogens is 422 g/mol. The molecule has 4 nitrogen and oxygen atoms in total. The lowest BCUT2D eigenvalue weighted by Crippen LogP contribution is -2.01. The number of pyridine rings is 1. The van der Waals surface area contributed by atoms with Gasteiger partial charge >= 0.3 is 6.61 Å². The smallest absolute Gasteiger partial charge is 0.387 e. The summed E-state index contributed by atoms with van der Waals surface area (Å²) >= 11 is 0. The van der Waals surface area contributed by atoms with E-state index in [-0.39, 0.29) is 5.75 Å². The lowest BCUT2D eigenvalue weighted by Gasteiger charge is -2.02. The Morgan fingerprint density at radius 2 is 1.33 bits per heavy atom. The van der Waals surface area contributed by atoms with Crippen LogP contribution in [0.2, 0.25) is 0 Å². The number of furan rings is 1. The van der Waals surface area contributed by atoms with Crippen LogP contribution in [0.25, 0.3) is 0 Å². The lowest BCUT2D eigenvalue weighted by atomic mass is 10.2. The number of benzene rings is 1. The highest BCUT2D eigenvalue weighted by molar-refractivity contribution is 5.26. The average molecular weight is 459 g/mol. The number of hydrogen-bond acceptors (Lipinski definition) is 3. The van der Waals surface area contributed by atoms with Crippen molar-refractivity contribution in [3.63, 3.8) is 0 Å². The summed E-state index contributed by atoms with van der Waals surface area (Å²) in [6, 6.07) is 20.2. The molecule has 3 aromatic heterocycles. The van der Waals surface area contributed by atoms with Crippen LogP contribution in [0.4, 0.5) is 8.78 Å². The summed E-state index contributed by atoms with van der Waals surface area (Å²) in [6.45, 7) is 9.10. The minimum Gasteiger partial charge on any atom is -0.467 e. The summed E-state index contributed by atoms with van der Waals surface area (Å²) in [5.74, 6) is 2.17. The summed E-state index contributed by atoms with van der Waals surface area (Å²) in [6.07, 6.45) is 5.54. The maximum Gasteiger partial charge on any atom is 0.387 e. The largest absolute Gasteiger partial charge is 0.467 e. The van der Waals surface area contributed by atoms with E-state index in [1.807, 2.05) is 84.3 Å². The van der Waals surface area contributed by atoms with E-state index in [4.69, 9.17) is 4.42 Å². The van der Waals surface area contributed by atoms with E-state index in [1.54, 1.807) is 24.5 Å². The Kier molecular flexibility index (Phi) is 16.3. The number of hydrogen-bond donors (Lipinski definition) is 0. The van der Waals surface area contributed by atoms with Crippen molar-refractivity contribution in [1.82, 2.24) is 9.55 Å². The standard InChI is InChI=1S/C8H8F2O.C6H9N.C6H8O.C5H5N.C2H6/c1-6-2-4-7(5-3-6)11-8(9)10;1-6-4-3-5-7(6)2;1-5-3-4-6(2)7-5;1-2-4-6-5-3-1;1-2/h2-5,8H,1H3;3-5H,1-2H3;3-4H,1-2H3;1-5H;1-2H3. The second-order valence-electron chi connectivity index (χ2n) is 6.63. The zero-order chi connectivity index (χ0) is 25.1. The van der Waals surface area contributed by atoms with Gasteiger partial charge in [-0.25, -0.2) is 0 Å². The summed E-state index contributed by atoms with van der Waals surface area (Å²) < 4.78 is 34.5. The molecule has 0 amide bonds. The van der Waals surface area contributed by atoms with Crippen LogP contribution in [0.3, 0.4) is 0 Å². The number of aromatic nitrogens is 2. The molecule has 180 valence electrons. The Hall–Kier alpha value is -3.41. The Morgan fingerprint density at radius 3 is 1.58 bits per heavy atom. The second kappa shape index (κ2) is 18.2. The van der Waals surface area contributed by atoms with Gasteiger partial charge in [-0.15, -0.1) is 0 Å². The van der Waals surface area contributed by atoms with Crippen LogP contribution in [0.1, 0.15) is 36.6 Å². The van der Waals surface area contributed by atoms with Gasteiger partial charge in [0.15, 0.2) is 0 Å². The van der Waals surface area contributed by atoms with E-state index in [1.165, 1.54) is 17.8 Å². The van der Waals surface area contributed by atoms with Gasteiger partial charge in [-0.3, -0.25) is 4.98 Å². The molecule has 0 saturated carbocycles. The highest BCUT2D eigenvalue weighted by atomic mass is 19.3. The Balaban J connectivity index is 0.000000414. The molecule has 4 aromatic rings. The number of alkyl halides is 2. The molecule has 4 rings (SSSR count). The molecular formula is C27H36F2N2O2. The van der Waals surface area contributed by atoms with E-state index in [2.05, 4.69) is 27.3 Å². The quantitative estimate of drug-likeness (QED) is 0.306. The molecule has 0 spiro atoms. The topological polar surface area (TPSA) is 40.2 Å². The molecule has 3 heterocycles. The van der Waals surface area contributed by atoms with Gasteiger partial charge in [-0.05, 0) is 76.2 Å².